The van der Waals surface area contributed by atoms with Crippen LogP contribution in [0.2, 0.25) is 0 Å². The van der Waals surface area contributed by atoms with E-state index in [1.54, 1.807) is 0 Å². The second-order valence-electron chi connectivity index (χ2n) is 4.47. The Morgan fingerprint density at radius 2 is 1.44 bits per heavy atom. The number of hydrogen-bond acceptors (Lipinski definition) is 1. The van der Waals surface area contributed by atoms with E-state index in [0.717, 1.165) is 12.1 Å². The lowest BCUT2D eigenvalue weighted by atomic mass is 10.0. The summed E-state index contributed by atoms with van der Waals surface area (Å²) in [6.45, 7) is 9.03. The number of hydrogen-bond donors (Lipinski definition) is 1. The third-order valence-corrected chi connectivity index (χ3v) is 2.98. The summed E-state index contributed by atoms with van der Waals surface area (Å²) in [6.07, 6.45) is 0. The molecule has 0 saturated carbocycles. The van der Waals surface area contributed by atoms with Gasteiger partial charge in [0.05, 0.1) is 0 Å². The molecule has 92 valence electrons. The summed E-state index contributed by atoms with van der Waals surface area (Å²) in [5.74, 6) is 0. The van der Waals surface area contributed by atoms with Crippen LogP contribution in [0.5, 0.6) is 0 Å². The summed E-state index contributed by atoms with van der Waals surface area (Å²) in [4.78, 5) is 0. The van der Waals surface area contributed by atoms with Gasteiger partial charge < -0.3 is 5.32 Å². The van der Waals surface area contributed by atoms with Crippen molar-refractivity contribution in [2.45, 2.75) is 13.8 Å². The van der Waals surface area contributed by atoms with Crippen molar-refractivity contribution < 1.29 is 0 Å². The van der Waals surface area contributed by atoms with Crippen LogP contribution in [0.3, 0.4) is 0 Å². The van der Waals surface area contributed by atoms with Gasteiger partial charge in [-0.3, -0.25) is 0 Å². The Balaban J connectivity index is 2.23. The number of allylic oxidation sites excluding steroid dienone is 1. The fraction of sp³-hybridized carbons (Fsp3) is 0.176. The molecule has 0 fully saturated rings. The summed E-state index contributed by atoms with van der Waals surface area (Å²) >= 11 is 0. The lowest BCUT2D eigenvalue weighted by molar-refractivity contribution is 1.21. The molecule has 18 heavy (non-hydrogen) atoms. The topological polar surface area (TPSA) is 12.0 Å². The highest BCUT2D eigenvalue weighted by Gasteiger charge is 1.99. The molecule has 0 aliphatic rings. The van der Waals surface area contributed by atoms with Crippen LogP contribution in [-0.4, -0.2) is 6.54 Å². The van der Waals surface area contributed by atoms with Crippen LogP contribution in [0, 0.1) is 0 Å². The fourth-order valence-corrected chi connectivity index (χ4v) is 1.93. The summed E-state index contributed by atoms with van der Waals surface area (Å²) < 4.78 is 0. The van der Waals surface area contributed by atoms with Gasteiger partial charge in [-0.05, 0) is 42.7 Å². The van der Waals surface area contributed by atoms with Gasteiger partial charge in [0.2, 0.25) is 0 Å². The average Bonchev–Trinajstić information content (AvgIpc) is 2.40. The van der Waals surface area contributed by atoms with Crippen molar-refractivity contribution in [3.05, 3.63) is 60.7 Å². The Labute approximate surface area is 109 Å². The van der Waals surface area contributed by atoms with Crippen molar-refractivity contribution in [3.8, 4) is 11.1 Å². The highest BCUT2D eigenvalue weighted by Crippen LogP contribution is 2.23. The molecule has 0 heterocycles. The Morgan fingerprint density at radius 1 is 0.944 bits per heavy atom. The maximum absolute atomic E-state index is 3.95. The van der Waals surface area contributed by atoms with Gasteiger partial charge in [0.15, 0.2) is 0 Å². The Hall–Kier alpha value is -2.02. The largest absolute Gasteiger partial charge is 0.385 e. The van der Waals surface area contributed by atoms with Gasteiger partial charge >= 0.3 is 0 Å². The minimum atomic E-state index is 0.951. The summed E-state index contributed by atoms with van der Waals surface area (Å²) in [5, 5.41) is 3.30. The highest BCUT2D eigenvalue weighted by molar-refractivity contribution is 5.69. The minimum absolute atomic E-state index is 0.951. The summed E-state index contributed by atoms with van der Waals surface area (Å²) in [5.41, 5.74) is 5.94. The molecule has 1 N–H and O–H groups in total. The van der Waals surface area contributed by atoms with E-state index in [1.165, 1.54) is 22.4 Å². The average molecular weight is 237 g/mol. The van der Waals surface area contributed by atoms with Crippen LogP contribution in [-0.2, 0) is 0 Å². The van der Waals surface area contributed by atoms with Gasteiger partial charge in [-0.1, -0.05) is 48.6 Å². The molecule has 2 aromatic rings. The van der Waals surface area contributed by atoms with Crippen LogP contribution in [0.4, 0.5) is 5.69 Å². The molecular formula is C17H19N. The molecule has 0 spiro atoms. The Bertz CT molecular complexity index is 521. The van der Waals surface area contributed by atoms with Crippen LogP contribution in [0.25, 0.3) is 16.7 Å². The lowest BCUT2D eigenvalue weighted by Gasteiger charge is -2.06. The SMILES string of the molecule is C=C(C)c1ccc(-c2ccc(NCC)cc2)cc1. The van der Waals surface area contributed by atoms with E-state index in [0.29, 0.717) is 0 Å². The molecular weight excluding hydrogens is 218 g/mol. The smallest absolute Gasteiger partial charge is 0.0340 e. The number of benzene rings is 2. The zero-order valence-electron chi connectivity index (χ0n) is 11.0. The predicted octanol–water partition coefficient (Wildman–Crippen LogP) is 4.82. The summed E-state index contributed by atoms with van der Waals surface area (Å²) in [6, 6.07) is 17.1. The van der Waals surface area contributed by atoms with E-state index in [4.69, 9.17) is 0 Å². The maximum atomic E-state index is 3.95. The van der Waals surface area contributed by atoms with Crippen molar-refractivity contribution in [2.24, 2.45) is 0 Å². The van der Waals surface area contributed by atoms with Crippen molar-refractivity contribution in [2.75, 3.05) is 11.9 Å². The first-order valence-electron chi connectivity index (χ1n) is 6.31. The molecule has 0 saturated heterocycles. The lowest BCUT2D eigenvalue weighted by Crippen LogP contribution is -1.95. The van der Waals surface area contributed by atoms with Crippen LogP contribution in [0.15, 0.2) is 55.1 Å². The molecule has 0 aromatic heterocycles. The van der Waals surface area contributed by atoms with E-state index in [2.05, 4.69) is 67.4 Å². The first-order valence-corrected chi connectivity index (χ1v) is 6.31. The predicted molar refractivity (Wildman–Crippen MR) is 80.7 cm³/mol. The number of anilines is 1. The molecule has 0 unspecified atom stereocenters. The third-order valence-electron chi connectivity index (χ3n) is 2.98. The van der Waals surface area contributed by atoms with Crippen LogP contribution in [0.1, 0.15) is 19.4 Å². The van der Waals surface area contributed by atoms with E-state index in [-0.39, 0.29) is 0 Å². The number of nitrogens with one attached hydrogen (secondary N) is 1. The maximum Gasteiger partial charge on any atom is 0.0340 e. The van der Waals surface area contributed by atoms with Gasteiger partial charge in [0.25, 0.3) is 0 Å². The molecule has 1 nitrogen and oxygen atoms in total. The van der Waals surface area contributed by atoms with Gasteiger partial charge in [0, 0.05) is 12.2 Å². The van der Waals surface area contributed by atoms with Gasteiger partial charge in [-0.2, -0.15) is 0 Å². The molecule has 1 heteroatoms. The normalized spacial score (nSPS) is 10.1. The molecule has 0 radical (unpaired) electrons. The van der Waals surface area contributed by atoms with Gasteiger partial charge in [0.1, 0.15) is 0 Å². The van der Waals surface area contributed by atoms with E-state index in [9.17, 15) is 0 Å². The van der Waals surface area contributed by atoms with Gasteiger partial charge in [-0.25, -0.2) is 0 Å². The first-order chi connectivity index (χ1) is 8.70. The molecule has 2 aromatic carbocycles. The monoisotopic (exact) mass is 237 g/mol. The van der Waals surface area contributed by atoms with E-state index >= 15 is 0 Å². The van der Waals surface area contributed by atoms with E-state index < -0.39 is 0 Å². The van der Waals surface area contributed by atoms with Crippen molar-refractivity contribution in [1.29, 1.82) is 0 Å². The highest BCUT2D eigenvalue weighted by atomic mass is 14.8. The van der Waals surface area contributed by atoms with Crippen LogP contribution < -0.4 is 5.32 Å². The standard InChI is InChI=1S/C17H19N/c1-4-18-17-11-9-16(10-12-17)15-7-5-14(6-8-15)13(2)3/h5-12,18H,2,4H2,1,3H3. The van der Waals surface area contributed by atoms with Crippen molar-refractivity contribution >= 4 is 11.3 Å². The molecule has 0 amide bonds. The fourth-order valence-electron chi connectivity index (χ4n) is 1.93. The van der Waals surface area contributed by atoms with E-state index in [1.807, 2.05) is 6.92 Å². The molecule has 0 bridgehead atoms. The van der Waals surface area contributed by atoms with Crippen molar-refractivity contribution in [3.63, 3.8) is 0 Å². The Morgan fingerprint density at radius 3 is 1.89 bits per heavy atom. The zero-order chi connectivity index (χ0) is 13.0. The molecule has 0 aliphatic carbocycles. The van der Waals surface area contributed by atoms with Gasteiger partial charge in [-0.15, -0.1) is 0 Å². The quantitative estimate of drug-likeness (QED) is 0.804. The third kappa shape index (κ3) is 2.80. The minimum Gasteiger partial charge on any atom is -0.385 e. The molecule has 0 atom stereocenters. The van der Waals surface area contributed by atoms with Crippen molar-refractivity contribution in [1.82, 2.24) is 0 Å². The second kappa shape index (κ2) is 5.54. The van der Waals surface area contributed by atoms with Crippen LogP contribution >= 0.6 is 0 Å². The zero-order valence-corrected chi connectivity index (χ0v) is 11.0. The number of rotatable bonds is 4. The second-order valence-corrected chi connectivity index (χ2v) is 4.47. The molecule has 2 rings (SSSR count). The molecule has 0 aliphatic heterocycles. The summed E-state index contributed by atoms with van der Waals surface area (Å²) in [7, 11) is 0. The first kappa shape index (κ1) is 12.4. The Kier molecular flexibility index (Phi) is 3.83.